The number of halogens is 2. The summed E-state index contributed by atoms with van der Waals surface area (Å²) in [6.45, 7) is -2.75. The predicted octanol–water partition coefficient (Wildman–Crippen LogP) is 9.49. The van der Waals surface area contributed by atoms with Crippen molar-refractivity contribution in [3.8, 4) is 0 Å². The SMILES string of the molecule is C=P(c1ccc(F)c(F)c1)(c1ccc2ccc3cccc4ccc1c2c34)c1ccc2ccc3cccc4ccc1c2c34. The number of rotatable bonds is 3. The van der Waals surface area contributed by atoms with E-state index in [9.17, 15) is 4.39 Å². The molecule has 0 radical (unpaired) electrons. The molecule has 0 amide bonds. The van der Waals surface area contributed by atoms with E-state index in [1.165, 1.54) is 55.2 Å². The Balaban J connectivity index is 1.47. The molecule has 0 fully saturated rings. The lowest BCUT2D eigenvalue weighted by Gasteiger charge is -2.30. The minimum Gasteiger partial charge on any atom is -0.204 e. The summed E-state index contributed by atoms with van der Waals surface area (Å²) in [5, 5.41) is 16.9. The van der Waals surface area contributed by atoms with Crippen molar-refractivity contribution in [3.63, 3.8) is 0 Å². The third kappa shape index (κ3) is 3.05. The van der Waals surface area contributed by atoms with Crippen LogP contribution < -0.4 is 15.9 Å². The Kier molecular flexibility index (Phi) is 4.76. The Hall–Kier alpha value is -4.78. The molecule has 9 aromatic rings. The lowest BCUT2D eigenvalue weighted by Crippen LogP contribution is -2.27. The van der Waals surface area contributed by atoms with Crippen LogP contribution in [-0.2, 0) is 0 Å². The van der Waals surface area contributed by atoms with Crippen LogP contribution in [0.25, 0.3) is 64.6 Å². The predicted molar refractivity (Wildman–Crippen MR) is 180 cm³/mol. The Labute approximate surface area is 241 Å². The fourth-order valence-corrected chi connectivity index (χ4v) is 10.6. The largest absolute Gasteiger partial charge is 0.204 e. The zero-order chi connectivity index (χ0) is 28.2. The van der Waals surface area contributed by atoms with Crippen LogP contribution in [0.3, 0.4) is 0 Å². The highest BCUT2D eigenvalue weighted by Gasteiger charge is 2.29. The molecule has 0 saturated carbocycles. The molecule has 42 heavy (non-hydrogen) atoms. The van der Waals surface area contributed by atoms with Gasteiger partial charge in [0.15, 0.2) is 11.6 Å². The van der Waals surface area contributed by atoms with Crippen LogP contribution >= 0.6 is 6.89 Å². The smallest absolute Gasteiger partial charge is 0.159 e. The van der Waals surface area contributed by atoms with Crippen molar-refractivity contribution in [1.82, 2.24) is 0 Å². The van der Waals surface area contributed by atoms with Crippen LogP contribution in [-0.4, -0.2) is 6.30 Å². The van der Waals surface area contributed by atoms with E-state index in [0.717, 1.165) is 32.2 Å². The van der Waals surface area contributed by atoms with Crippen LogP contribution in [0.5, 0.6) is 0 Å². The maximum atomic E-state index is 15.0. The maximum absolute atomic E-state index is 15.0. The molecule has 0 atom stereocenters. The molecule has 0 aliphatic heterocycles. The van der Waals surface area contributed by atoms with Crippen molar-refractivity contribution in [1.29, 1.82) is 0 Å². The number of benzene rings is 9. The minimum atomic E-state index is -2.75. The van der Waals surface area contributed by atoms with Crippen LogP contribution in [0.15, 0.2) is 127 Å². The molecule has 9 aromatic carbocycles. The lowest BCUT2D eigenvalue weighted by molar-refractivity contribution is 0.509. The van der Waals surface area contributed by atoms with Crippen molar-refractivity contribution in [2.45, 2.75) is 0 Å². The monoisotopic (exact) mass is 560 g/mol. The number of hydrogen-bond donors (Lipinski definition) is 0. The summed E-state index contributed by atoms with van der Waals surface area (Å²) in [5.41, 5.74) is 0. The van der Waals surface area contributed by atoms with Crippen LogP contribution in [0.2, 0.25) is 0 Å². The molecule has 0 aliphatic rings. The molecule has 0 saturated heterocycles. The van der Waals surface area contributed by atoms with Gasteiger partial charge < -0.3 is 0 Å². The Morgan fingerprint density at radius 3 is 1.26 bits per heavy atom. The van der Waals surface area contributed by atoms with Gasteiger partial charge >= 0.3 is 0 Å². The Bertz CT molecular complexity index is 2390. The van der Waals surface area contributed by atoms with Gasteiger partial charge in [0.1, 0.15) is 0 Å². The zero-order valence-corrected chi connectivity index (χ0v) is 23.4. The average Bonchev–Trinajstić information content (AvgIpc) is 3.03. The summed E-state index contributed by atoms with van der Waals surface area (Å²) in [5.74, 6) is -1.70. The van der Waals surface area contributed by atoms with Gasteiger partial charge in [-0.15, -0.1) is 0 Å². The van der Waals surface area contributed by atoms with Crippen molar-refractivity contribution in [2.75, 3.05) is 0 Å². The number of hydrogen-bond acceptors (Lipinski definition) is 0. The van der Waals surface area contributed by atoms with E-state index in [1.807, 2.05) is 0 Å². The summed E-state index contributed by atoms with van der Waals surface area (Å²) >= 11 is 0. The van der Waals surface area contributed by atoms with Crippen molar-refractivity contribution in [3.05, 3.63) is 139 Å². The molecular weight excluding hydrogens is 537 g/mol. The second kappa shape index (κ2) is 8.38. The third-order valence-electron chi connectivity index (χ3n) is 9.18. The molecule has 198 valence electrons. The van der Waals surface area contributed by atoms with E-state index >= 15 is 4.39 Å². The molecule has 0 unspecified atom stereocenters. The van der Waals surface area contributed by atoms with Gasteiger partial charge in [0, 0.05) is 0 Å². The van der Waals surface area contributed by atoms with E-state index in [-0.39, 0.29) is 0 Å². The first kappa shape index (κ1) is 23.9. The molecule has 0 nitrogen and oxygen atoms in total. The fraction of sp³-hybridized carbons (Fsp3) is 0. The minimum absolute atomic E-state index is 0.714. The van der Waals surface area contributed by atoms with Gasteiger partial charge in [0.2, 0.25) is 0 Å². The first-order valence-electron chi connectivity index (χ1n) is 14.1. The second-order valence-electron chi connectivity index (χ2n) is 11.3. The van der Waals surface area contributed by atoms with Gasteiger partial charge in [-0.2, -0.15) is 0 Å². The van der Waals surface area contributed by atoms with Crippen LogP contribution in [0, 0.1) is 11.6 Å². The Morgan fingerprint density at radius 2 is 0.810 bits per heavy atom. The standard InChI is InChI=1S/C39H23F2P/c1-42(29-16-19-32(40)33(41)22-29,34-20-14-27-10-8-23-4-2-6-25-12-17-30(34)38(27)36(23)25)35-21-15-28-11-9-24-5-3-7-26-13-18-31(35)39(28)37(24)26/h2-22H,1H2. The van der Waals surface area contributed by atoms with Crippen LogP contribution in [0.1, 0.15) is 0 Å². The average molecular weight is 561 g/mol. The van der Waals surface area contributed by atoms with Gasteiger partial charge in [-0.1, -0.05) is 122 Å². The normalized spacial score (nSPS) is 12.6. The van der Waals surface area contributed by atoms with E-state index in [2.05, 4.69) is 109 Å². The highest BCUT2D eigenvalue weighted by Crippen LogP contribution is 2.49. The van der Waals surface area contributed by atoms with Crippen molar-refractivity contribution in [2.24, 2.45) is 0 Å². The third-order valence-corrected chi connectivity index (χ3v) is 12.8. The molecule has 0 N–H and O–H groups in total. The van der Waals surface area contributed by atoms with Crippen LogP contribution in [0.4, 0.5) is 8.78 Å². The quantitative estimate of drug-likeness (QED) is 0.149. The maximum Gasteiger partial charge on any atom is 0.159 e. The zero-order valence-electron chi connectivity index (χ0n) is 22.5. The van der Waals surface area contributed by atoms with E-state index < -0.39 is 18.5 Å². The molecule has 9 rings (SSSR count). The second-order valence-corrected chi connectivity index (χ2v) is 14.4. The summed E-state index contributed by atoms with van der Waals surface area (Å²) in [6, 6.07) is 43.2. The first-order valence-corrected chi connectivity index (χ1v) is 16.0. The summed E-state index contributed by atoms with van der Waals surface area (Å²) in [6.07, 6.45) is 5.04. The van der Waals surface area contributed by atoms with E-state index in [0.29, 0.717) is 5.30 Å². The van der Waals surface area contributed by atoms with E-state index in [1.54, 1.807) is 6.07 Å². The molecule has 0 aromatic heterocycles. The summed E-state index contributed by atoms with van der Waals surface area (Å²) in [4.78, 5) is 0. The summed E-state index contributed by atoms with van der Waals surface area (Å²) < 4.78 is 29.4. The first-order chi connectivity index (χ1) is 20.5. The Morgan fingerprint density at radius 1 is 0.405 bits per heavy atom. The van der Waals surface area contributed by atoms with Gasteiger partial charge in [-0.3, -0.25) is 0 Å². The molecule has 3 heteroatoms. The highest BCUT2D eigenvalue weighted by atomic mass is 31.2. The van der Waals surface area contributed by atoms with Crippen molar-refractivity contribution < 1.29 is 8.78 Å². The van der Waals surface area contributed by atoms with Gasteiger partial charge in [-0.05, 0) is 99.6 Å². The highest BCUT2D eigenvalue weighted by molar-refractivity contribution is 7.94. The topological polar surface area (TPSA) is 0 Å². The van der Waals surface area contributed by atoms with E-state index in [4.69, 9.17) is 6.30 Å². The lowest BCUT2D eigenvalue weighted by atomic mass is 9.94. The molecule has 0 spiro atoms. The van der Waals surface area contributed by atoms with Crippen molar-refractivity contribution >= 4 is 93.7 Å². The molecular formula is C39H23F2P. The molecule has 0 aliphatic carbocycles. The van der Waals surface area contributed by atoms with Gasteiger partial charge in [0.05, 0.1) is 0 Å². The molecule has 0 heterocycles. The summed E-state index contributed by atoms with van der Waals surface area (Å²) in [7, 11) is 0. The molecule has 0 bridgehead atoms. The van der Waals surface area contributed by atoms with Gasteiger partial charge in [0.25, 0.3) is 0 Å². The fourth-order valence-electron chi connectivity index (χ4n) is 7.24. The van der Waals surface area contributed by atoms with Gasteiger partial charge in [-0.25, -0.2) is 8.78 Å².